The fraction of sp³-hybridized carbons (Fsp3) is 0.278. The monoisotopic (exact) mass is 359 g/mol. The number of halogens is 1. The van der Waals surface area contributed by atoms with E-state index in [-0.39, 0.29) is 16.9 Å². The topological polar surface area (TPSA) is 60.9 Å². The minimum Gasteiger partial charge on any atom is -0.469 e. The van der Waals surface area contributed by atoms with Crippen molar-refractivity contribution in [2.75, 3.05) is 0 Å². The zero-order valence-electron chi connectivity index (χ0n) is 14.2. The number of benzene rings is 1. The van der Waals surface area contributed by atoms with Crippen LogP contribution in [0.4, 0.5) is 4.39 Å². The highest BCUT2D eigenvalue weighted by molar-refractivity contribution is 8.00. The average molecular weight is 359 g/mol. The first-order valence-corrected chi connectivity index (χ1v) is 8.83. The number of Topliss-reactive ketones (excluding diaryl/α,β-unsaturated/α-hetero) is 1. The van der Waals surface area contributed by atoms with Crippen LogP contribution in [0.25, 0.3) is 11.4 Å². The molecule has 25 heavy (non-hydrogen) atoms. The molecule has 0 bridgehead atoms. The molecule has 0 radical (unpaired) electrons. The molecular formula is C18H18FN3O2S. The van der Waals surface area contributed by atoms with E-state index in [1.54, 1.807) is 6.26 Å². The number of aromatic nitrogens is 3. The van der Waals surface area contributed by atoms with Gasteiger partial charge in [0.1, 0.15) is 11.6 Å². The number of thioether (sulfide) groups is 1. The second-order valence-electron chi connectivity index (χ2n) is 5.57. The number of ketones is 1. The van der Waals surface area contributed by atoms with Crippen molar-refractivity contribution < 1.29 is 13.6 Å². The maximum atomic E-state index is 13.0. The molecule has 2 heterocycles. The Balaban J connectivity index is 1.83. The Bertz CT molecular complexity index is 886. The second kappa shape index (κ2) is 7.23. The normalized spacial score (nSPS) is 12.3. The van der Waals surface area contributed by atoms with E-state index in [0.717, 1.165) is 17.1 Å². The molecule has 0 spiro atoms. The number of carbonyl (C=O) groups is 1. The van der Waals surface area contributed by atoms with Crippen molar-refractivity contribution in [3.05, 3.63) is 53.7 Å². The number of rotatable bonds is 6. The predicted octanol–water partition coefficient (Wildman–Crippen LogP) is 4.37. The van der Waals surface area contributed by atoms with Gasteiger partial charge in [0.2, 0.25) is 0 Å². The highest BCUT2D eigenvalue weighted by atomic mass is 32.2. The lowest BCUT2D eigenvalue weighted by atomic mass is 10.1. The second-order valence-corrected chi connectivity index (χ2v) is 6.88. The van der Waals surface area contributed by atoms with E-state index in [0.29, 0.717) is 17.3 Å². The number of carbonyl (C=O) groups excluding carboxylic acids is 1. The SMILES string of the molecule is CCn1c(S[C@@H](C)C(=O)c2ccc(F)cc2)nnc1-c1ccoc1C. The van der Waals surface area contributed by atoms with E-state index in [1.165, 1.54) is 36.0 Å². The lowest BCUT2D eigenvalue weighted by molar-refractivity contribution is 0.0994. The summed E-state index contributed by atoms with van der Waals surface area (Å²) in [7, 11) is 0. The Morgan fingerprint density at radius 3 is 2.60 bits per heavy atom. The summed E-state index contributed by atoms with van der Waals surface area (Å²) < 4.78 is 20.3. The van der Waals surface area contributed by atoms with Crippen molar-refractivity contribution in [3.63, 3.8) is 0 Å². The van der Waals surface area contributed by atoms with E-state index >= 15 is 0 Å². The van der Waals surface area contributed by atoms with Gasteiger partial charge in [0.25, 0.3) is 0 Å². The number of nitrogens with zero attached hydrogens (tertiary/aromatic N) is 3. The average Bonchev–Trinajstić information content (AvgIpc) is 3.20. The molecule has 1 atom stereocenters. The Morgan fingerprint density at radius 2 is 2.00 bits per heavy atom. The fourth-order valence-electron chi connectivity index (χ4n) is 2.54. The lowest BCUT2D eigenvalue weighted by Gasteiger charge is -2.11. The summed E-state index contributed by atoms with van der Waals surface area (Å²) >= 11 is 1.34. The first-order chi connectivity index (χ1) is 12.0. The molecule has 5 nitrogen and oxygen atoms in total. The summed E-state index contributed by atoms with van der Waals surface area (Å²) in [6.45, 7) is 6.36. The highest BCUT2D eigenvalue weighted by Crippen LogP contribution is 2.30. The van der Waals surface area contributed by atoms with Crippen molar-refractivity contribution in [3.8, 4) is 11.4 Å². The maximum absolute atomic E-state index is 13.0. The van der Waals surface area contributed by atoms with Gasteiger partial charge < -0.3 is 8.98 Å². The molecule has 0 unspecified atom stereocenters. The first kappa shape index (κ1) is 17.4. The summed E-state index contributed by atoms with van der Waals surface area (Å²) in [6, 6.07) is 7.43. The third-order valence-electron chi connectivity index (χ3n) is 3.91. The van der Waals surface area contributed by atoms with Crippen LogP contribution in [-0.4, -0.2) is 25.8 Å². The molecule has 7 heteroatoms. The molecule has 0 amide bonds. The van der Waals surface area contributed by atoms with E-state index in [9.17, 15) is 9.18 Å². The van der Waals surface area contributed by atoms with Crippen LogP contribution in [-0.2, 0) is 6.54 Å². The molecule has 0 saturated heterocycles. The van der Waals surface area contributed by atoms with E-state index in [1.807, 2.05) is 31.4 Å². The van der Waals surface area contributed by atoms with Gasteiger partial charge in [-0.3, -0.25) is 4.79 Å². The van der Waals surface area contributed by atoms with Gasteiger partial charge in [-0.05, 0) is 51.1 Å². The van der Waals surface area contributed by atoms with Crippen molar-refractivity contribution in [1.82, 2.24) is 14.8 Å². The summed E-state index contributed by atoms with van der Waals surface area (Å²) in [4.78, 5) is 12.5. The summed E-state index contributed by atoms with van der Waals surface area (Å²) in [5.74, 6) is 1.06. The molecular weight excluding hydrogens is 341 g/mol. The van der Waals surface area contributed by atoms with Gasteiger partial charge in [-0.25, -0.2) is 4.39 Å². The van der Waals surface area contributed by atoms with Crippen LogP contribution in [0.2, 0.25) is 0 Å². The Kier molecular flexibility index (Phi) is 5.03. The van der Waals surface area contributed by atoms with Crippen LogP contribution >= 0.6 is 11.8 Å². The van der Waals surface area contributed by atoms with Crippen molar-refractivity contribution in [2.24, 2.45) is 0 Å². The lowest BCUT2D eigenvalue weighted by Crippen LogP contribution is -2.14. The van der Waals surface area contributed by atoms with Crippen LogP contribution in [0.5, 0.6) is 0 Å². The van der Waals surface area contributed by atoms with Gasteiger partial charge in [-0.2, -0.15) is 0 Å². The quantitative estimate of drug-likeness (QED) is 0.483. The molecule has 0 aliphatic heterocycles. The molecule has 3 rings (SSSR count). The number of hydrogen-bond acceptors (Lipinski definition) is 5. The van der Waals surface area contributed by atoms with E-state index in [4.69, 9.17) is 4.42 Å². The Labute approximate surface area is 149 Å². The first-order valence-electron chi connectivity index (χ1n) is 7.95. The highest BCUT2D eigenvalue weighted by Gasteiger charge is 2.22. The molecule has 130 valence electrons. The zero-order chi connectivity index (χ0) is 18.0. The Hall–Kier alpha value is -2.41. The van der Waals surface area contributed by atoms with Gasteiger partial charge in [0, 0.05) is 12.1 Å². The molecule has 0 N–H and O–H groups in total. The third kappa shape index (κ3) is 3.51. The zero-order valence-corrected chi connectivity index (χ0v) is 15.0. The molecule has 0 fully saturated rings. The van der Waals surface area contributed by atoms with Crippen molar-refractivity contribution >= 4 is 17.5 Å². The van der Waals surface area contributed by atoms with Crippen molar-refractivity contribution in [2.45, 2.75) is 37.7 Å². The number of furan rings is 1. The van der Waals surface area contributed by atoms with Crippen LogP contribution in [0, 0.1) is 12.7 Å². The summed E-state index contributed by atoms with van der Waals surface area (Å²) in [5.41, 5.74) is 1.37. The van der Waals surface area contributed by atoms with Crippen LogP contribution < -0.4 is 0 Å². The number of hydrogen-bond donors (Lipinski definition) is 0. The molecule has 2 aromatic heterocycles. The molecule has 1 aromatic carbocycles. The van der Waals surface area contributed by atoms with Gasteiger partial charge in [0.05, 0.1) is 17.1 Å². The predicted molar refractivity (Wildman–Crippen MR) is 94.2 cm³/mol. The van der Waals surface area contributed by atoms with Crippen LogP contribution in [0.15, 0.2) is 46.2 Å². The molecule has 0 aliphatic carbocycles. The van der Waals surface area contributed by atoms with E-state index in [2.05, 4.69) is 10.2 Å². The number of aryl methyl sites for hydroxylation is 1. The summed E-state index contributed by atoms with van der Waals surface area (Å²) in [5, 5.41) is 8.80. The third-order valence-corrected chi connectivity index (χ3v) is 4.99. The van der Waals surface area contributed by atoms with E-state index < -0.39 is 0 Å². The fourth-order valence-corrected chi connectivity index (χ4v) is 3.53. The molecule has 3 aromatic rings. The van der Waals surface area contributed by atoms with Gasteiger partial charge >= 0.3 is 0 Å². The molecule has 0 saturated carbocycles. The molecule has 0 aliphatic rings. The van der Waals surface area contributed by atoms with Crippen LogP contribution in [0.3, 0.4) is 0 Å². The van der Waals surface area contributed by atoms with Gasteiger partial charge in [-0.15, -0.1) is 10.2 Å². The standard InChI is InChI=1S/C18H18FN3O2S/c1-4-22-17(15-9-10-24-11(15)2)20-21-18(22)25-12(3)16(23)13-5-7-14(19)8-6-13/h5-10,12H,4H2,1-3H3/t12-/m0/s1. The van der Waals surface area contributed by atoms with Crippen molar-refractivity contribution in [1.29, 1.82) is 0 Å². The Morgan fingerprint density at radius 1 is 1.28 bits per heavy atom. The van der Waals surface area contributed by atoms with Gasteiger partial charge in [0.15, 0.2) is 16.8 Å². The van der Waals surface area contributed by atoms with Crippen LogP contribution in [0.1, 0.15) is 30.0 Å². The summed E-state index contributed by atoms with van der Waals surface area (Å²) in [6.07, 6.45) is 1.62. The van der Waals surface area contributed by atoms with Gasteiger partial charge in [-0.1, -0.05) is 11.8 Å². The smallest absolute Gasteiger partial charge is 0.192 e. The minimum absolute atomic E-state index is 0.0725. The minimum atomic E-state index is -0.363. The largest absolute Gasteiger partial charge is 0.469 e. The maximum Gasteiger partial charge on any atom is 0.192 e.